The zero-order valence-corrected chi connectivity index (χ0v) is 17.2. The van der Waals surface area contributed by atoms with Gasteiger partial charge in [0.05, 0.1) is 13.2 Å². The Kier molecular flexibility index (Phi) is 11.3. The predicted molar refractivity (Wildman–Crippen MR) is 109 cm³/mol. The molecule has 1 rings (SSSR count). The van der Waals surface area contributed by atoms with Gasteiger partial charge in [0.25, 0.3) is 5.91 Å². The van der Waals surface area contributed by atoms with Crippen molar-refractivity contribution in [1.82, 2.24) is 10.2 Å². The third-order valence-electron chi connectivity index (χ3n) is 4.08. The van der Waals surface area contributed by atoms with Gasteiger partial charge in [-0.1, -0.05) is 24.3 Å². The Morgan fingerprint density at radius 3 is 2.57 bits per heavy atom. The first-order valence-corrected chi connectivity index (χ1v) is 9.31. The van der Waals surface area contributed by atoms with E-state index in [0.29, 0.717) is 18.5 Å². The molecule has 1 atom stereocenters. The first-order valence-electron chi connectivity index (χ1n) is 9.31. The topological polar surface area (TPSA) is 88.1 Å². The normalized spacial score (nSPS) is 12.7. The van der Waals surface area contributed by atoms with Crippen LogP contribution in [0.3, 0.4) is 0 Å². The highest BCUT2D eigenvalue weighted by Crippen LogP contribution is 2.10. The van der Waals surface area contributed by atoms with Crippen molar-refractivity contribution in [3.05, 3.63) is 41.5 Å². The van der Waals surface area contributed by atoms with Crippen molar-refractivity contribution in [1.29, 1.82) is 0 Å². The van der Waals surface area contributed by atoms with Crippen LogP contribution in [-0.2, 0) is 14.3 Å². The number of Topliss-reactive ketones (excluding diaryl/α,β-unsaturated/α-hetero) is 1. The van der Waals surface area contributed by atoms with Gasteiger partial charge in [-0.3, -0.25) is 9.59 Å². The second-order valence-corrected chi connectivity index (χ2v) is 6.80. The van der Waals surface area contributed by atoms with E-state index in [1.54, 1.807) is 18.2 Å². The zero-order valence-electron chi connectivity index (χ0n) is 17.2. The van der Waals surface area contributed by atoms with Crippen LogP contribution in [0.4, 0.5) is 0 Å². The summed E-state index contributed by atoms with van der Waals surface area (Å²) in [5, 5.41) is 12.2. The van der Waals surface area contributed by atoms with Crippen LogP contribution in [0.25, 0.3) is 6.08 Å². The fraction of sp³-hybridized carbons (Fsp3) is 0.524. The molecule has 0 fully saturated rings. The minimum Gasteiger partial charge on any atom is -0.394 e. The van der Waals surface area contributed by atoms with Crippen molar-refractivity contribution in [2.75, 3.05) is 41.5 Å². The van der Waals surface area contributed by atoms with Gasteiger partial charge in [-0.15, -0.1) is 0 Å². The number of nitrogens with zero attached hydrogens (tertiary/aromatic N) is 1. The molecule has 0 aliphatic carbocycles. The van der Waals surface area contributed by atoms with Crippen molar-refractivity contribution < 1.29 is 24.2 Å². The van der Waals surface area contributed by atoms with E-state index in [2.05, 4.69) is 5.32 Å². The number of carbonyl (C=O) groups is 2. The third kappa shape index (κ3) is 8.75. The number of ketones is 1. The van der Waals surface area contributed by atoms with Crippen molar-refractivity contribution in [2.45, 2.75) is 31.6 Å². The quantitative estimate of drug-likeness (QED) is 0.393. The highest BCUT2D eigenvalue weighted by Gasteiger charge is 2.22. The lowest BCUT2D eigenvalue weighted by Crippen LogP contribution is -2.47. The van der Waals surface area contributed by atoms with E-state index in [9.17, 15) is 14.7 Å². The lowest BCUT2D eigenvalue weighted by atomic mass is 10.1. The highest BCUT2D eigenvalue weighted by atomic mass is 16.7. The number of rotatable bonds is 13. The van der Waals surface area contributed by atoms with E-state index in [0.717, 1.165) is 18.4 Å². The number of hydrogen-bond donors (Lipinski definition) is 2. The molecule has 0 saturated heterocycles. The Bertz CT molecular complexity index is 641. The van der Waals surface area contributed by atoms with E-state index >= 15 is 0 Å². The first-order chi connectivity index (χ1) is 13.4. The molecular weight excluding hydrogens is 360 g/mol. The molecule has 1 amide bonds. The molecule has 0 unspecified atom stereocenters. The van der Waals surface area contributed by atoms with Crippen LogP contribution in [-0.4, -0.2) is 75.5 Å². The SMILES string of the molecule is COC(OC)[C@H](CO)NC(=O)c1cccc(/C=C\CCCC(=O)CN(C)C)c1. The molecule has 0 bridgehead atoms. The molecule has 7 heteroatoms. The van der Waals surface area contributed by atoms with E-state index < -0.39 is 12.3 Å². The number of aliphatic hydroxyl groups excluding tert-OH is 1. The van der Waals surface area contributed by atoms with Crippen LogP contribution in [0.1, 0.15) is 35.2 Å². The molecule has 0 aliphatic rings. The number of allylic oxidation sites excluding steroid dienone is 1. The minimum absolute atomic E-state index is 0.237. The molecule has 28 heavy (non-hydrogen) atoms. The minimum atomic E-state index is -0.729. The van der Waals surface area contributed by atoms with Crippen LogP contribution in [0.2, 0.25) is 0 Å². The number of likely N-dealkylation sites (N-methyl/N-ethyl adjacent to an activating group) is 1. The smallest absolute Gasteiger partial charge is 0.251 e. The van der Waals surface area contributed by atoms with Gasteiger partial charge in [-0.25, -0.2) is 0 Å². The lowest BCUT2D eigenvalue weighted by Gasteiger charge is -2.23. The number of amides is 1. The second kappa shape index (κ2) is 13.2. The Morgan fingerprint density at radius 1 is 1.25 bits per heavy atom. The van der Waals surface area contributed by atoms with Gasteiger partial charge in [0.15, 0.2) is 6.29 Å². The molecule has 156 valence electrons. The molecule has 0 aromatic heterocycles. The van der Waals surface area contributed by atoms with Gasteiger partial charge in [0.1, 0.15) is 11.8 Å². The van der Waals surface area contributed by atoms with Gasteiger partial charge in [-0.05, 0) is 44.6 Å². The monoisotopic (exact) mass is 392 g/mol. The zero-order chi connectivity index (χ0) is 20.9. The van der Waals surface area contributed by atoms with Crippen molar-refractivity contribution in [2.24, 2.45) is 0 Å². The summed E-state index contributed by atoms with van der Waals surface area (Å²) < 4.78 is 10.2. The Labute approximate surface area is 167 Å². The highest BCUT2D eigenvalue weighted by molar-refractivity contribution is 5.95. The molecule has 7 nitrogen and oxygen atoms in total. The number of nitrogens with one attached hydrogen (secondary N) is 1. The van der Waals surface area contributed by atoms with E-state index in [1.807, 2.05) is 37.2 Å². The van der Waals surface area contributed by atoms with Crippen LogP contribution in [0.15, 0.2) is 30.3 Å². The molecule has 2 N–H and O–H groups in total. The summed E-state index contributed by atoms with van der Waals surface area (Å²) in [5.41, 5.74) is 1.37. The molecule has 1 aromatic carbocycles. The maximum absolute atomic E-state index is 12.4. The summed E-state index contributed by atoms with van der Waals surface area (Å²) in [5.74, 6) is -0.0800. The van der Waals surface area contributed by atoms with Crippen molar-refractivity contribution >= 4 is 17.8 Å². The van der Waals surface area contributed by atoms with Gasteiger partial charge < -0.3 is 24.8 Å². The number of carbonyl (C=O) groups excluding carboxylic acids is 2. The average Bonchev–Trinajstić information content (AvgIpc) is 2.67. The van der Waals surface area contributed by atoms with Crippen LogP contribution in [0, 0.1) is 0 Å². The van der Waals surface area contributed by atoms with Gasteiger partial charge >= 0.3 is 0 Å². The Hall–Kier alpha value is -2.06. The second-order valence-electron chi connectivity index (χ2n) is 6.80. The molecule has 0 heterocycles. The van der Waals surface area contributed by atoms with Crippen molar-refractivity contribution in [3.63, 3.8) is 0 Å². The van der Waals surface area contributed by atoms with Crippen molar-refractivity contribution in [3.8, 4) is 0 Å². The van der Waals surface area contributed by atoms with Crippen LogP contribution in [0.5, 0.6) is 0 Å². The number of aliphatic hydroxyl groups is 1. The Morgan fingerprint density at radius 2 is 1.96 bits per heavy atom. The first kappa shape index (κ1) is 24.0. The van der Waals surface area contributed by atoms with Gasteiger partial charge in [0.2, 0.25) is 0 Å². The largest absolute Gasteiger partial charge is 0.394 e. The molecule has 0 radical (unpaired) electrons. The molecule has 0 spiro atoms. The molecule has 1 aromatic rings. The Balaban J connectivity index is 2.58. The molecule has 0 aliphatic heterocycles. The van der Waals surface area contributed by atoms with E-state index in [-0.39, 0.29) is 18.3 Å². The predicted octanol–water partition coefficient (Wildman–Crippen LogP) is 1.71. The molecular formula is C21H32N2O5. The van der Waals surface area contributed by atoms with E-state index in [4.69, 9.17) is 9.47 Å². The third-order valence-corrected chi connectivity index (χ3v) is 4.08. The number of hydrogen-bond acceptors (Lipinski definition) is 6. The summed E-state index contributed by atoms with van der Waals surface area (Å²) in [6.45, 7) is 0.174. The summed E-state index contributed by atoms with van der Waals surface area (Å²) in [6, 6.07) is 6.51. The number of methoxy groups -OCH3 is 2. The summed E-state index contributed by atoms with van der Waals surface area (Å²) in [4.78, 5) is 26.0. The summed E-state index contributed by atoms with van der Waals surface area (Å²) in [6.07, 6.45) is 5.37. The number of ether oxygens (including phenoxy) is 2. The maximum atomic E-state index is 12.4. The fourth-order valence-electron chi connectivity index (χ4n) is 2.73. The van der Waals surface area contributed by atoms with E-state index in [1.165, 1.54) is 14.2 Å². The van der Waals surface area contributed by atoms with Crippen LogP contribution < -0.4 is 5.32 Å². The summed E-state index contributed by atoms with van der Waals surface area (Å²) in [7, 11) is 6.66. The fourth-order valence-corrected chi connectivity index (χ4v) is 2.73. The number of benzene rings is 1. The van der Waals surface area contributed by atoms with Gasteiger partial charge in [-0.2, -0.15) is 0 Å². The van der Waals surface area contributed by atoms with Gasteiger partial charge in [0, 0.05) is 26.2 Å². The lowest BCUT2D eigenvalue weighted by molar-refractivity contribution is -0.127. The van der Waals surface area contributed by atoms with Crippen LogP contribution >= 0.6 is 0 Å². The molecule has 0 saturated carbocycles. The standard InChI is InChI=1S/C21H32N2O5/c1-23(2)14-18(25)12-7-5-6-9-16-10-8-11-17(13-16)20(26)22-19(15-24)21(27-3)28-4/h6,8-11,13,19,21,24H,5,7,12,14-15H2,1-4H3,(H,22,26)/b9-6-/t19-/m0/s1. The number of unbranched alkanes of at least 4 members (excludes halogenated alkanes) is 1. The maximum Gasteiger partial charge on any atom is 0.251 e. The summed E-state index contributed by atoms with van der Waals surface area (Å²) >= 11 is 0. The average molecular weight is 392 g/mol.